The molecule has 2 aliphatic heterocycles. The fourth-order valence-electron chi connectivity index (χ4n) is 5.57. The molecule has 1 aromatic heterocycles. The number of ether oxygens (including phenoxy) is 1. The number of anilines is 1. The lowest BCUT2D eigenvalue weighted by atomic mass is 9.69. The third kappa shape index (κ3) is 2.97. The van der Waals surface area contributed by atoms with Gasteiger partial charge in [-0.25, -0.2) is 9.18 Å². The first-order chi connectivity index (χ1) is 15.4. The van der Waals surface area contributed by atoms with Crippen molar-refractivity contribution in [2.75, 3.05) is 45.7 Å². The third-order valence-corrected chi connectivity index (χ3v) is 6.84. The van der Waals surface area contributed by atoms with Crippen LogP contribution in [-0.2, 0) is 12.5 Å². The summed E-state index contributed by atoms with van der Waals surface area (Å²) in [6, 6.07) is 11.1. The van der Waals surface area contributed by atoms with Crippen molar-refractivity contribution in [1.29, 1.82) is 0 Å². The van der Waals surface area contributed by atoms with Gasteiger partial charge in [-0.3, -0.25) is 0 Å². The molecule has 1 atom stereocenters. The van der Waals surface area contributed by atoms with E-state index in [1.807, 2.05) is 19.2 Å². The molecule has 0 unspecified atom stereocenters. The van der Waals surface area contributed by atoms with E-state index in [4.69, 9.17) is 4.74 Å². The number of nitrogens with zero attached hydrogens (tertiary/aromatic N) is 3. The predicted octanol–water partition coefficient (Wildman–Crippen LogP) is 3.09. The Morgan fingerprint density at radius 3 is 2.62 bits per heavy atom. The summed E-state index contributed by atoms with van der Waals surface area (Å²) in [5, 5.41) is 14.2. The van der Waals surface area contributed by atoms with Gasteiger partial charge in [0.05, 0.1) is 31.0 Å². The van der Waals surface area contributed by atoms with Gasteiger partial charge < -0.3 is 29.5 Å². The number of aliphatic hydroxyl groups is 1. The number of rotatable bonds is 3. The summed E-state index contributed by atoms with van der Waals surface area (Å²) in [7, 11) is 5.65. The molecule has 7 nitrogen and oxygen atoms in total. The Morgan fingerprint density at radius 2 is 1.97 bits per heavy atom. The van der Waals surface area contributed by atoms with Crippen molar-refractivity contribution in [1.82, 2.24) is 14.4 Å². The van der Waals surface area contributed by atoms with E-state index in [1.54, 1.807) is 24.1 Å². The number of aryl methyl sites for hydroxylation is 1. The zero-order chi connectivity index (χ0) is 22.6. The van der Waals surface area contributed by atoms with Gasteiger partial charge in [0.15, 0.2) is 0 Å². The highest BCUT2D eigenvalue weighted by atomic mass is 19.1. The third-order valence-electron chi connectivity index (χ3n) is 6.84. The molecule has 2 amide bonds. The van der Waals surface area contributed by atoms with Crippen LogP contribution >= 0.6 is 0 Å². The van der Waals surface area contributed by atoms with Crippen LogP contribution in [0, 0.1) is 5.82 Å². The lowest BCUT2D eigenvalue weighted by Crippen LogP contribution is -2.66. The van der Waals surface area contributed by atoms with Crippen LogP contribution in [0.25, 0.3) is 10.9 Å². The van der Waals surface area contributed by atoms with E-state index in [1.165, 1.54) is 17.7 Å². The Morgan fingerprint density at radius 1 is 1.22 bits per heavy atom. The first-order valence-electron chi connectivity index (χ1n) is 10.7. The van der Waals surface area contributed by atoms with Gasteiger partial charge in [0, 0.05) is 49.2 Å². The van der Waals surface area contributed by atoms with Gasteiger partial charge >= 0.3 is 6.03 Å². The van der Waals surface area contributed by atoms with Crippen LogP contribution in [0.1, 0.15) is 17.3 Å². The number of para-hydroxylation sites is 1. The van der Waals surface area contributed by atoms with E-state index in [9.17, 15) is 14.3 Å². The molecule has 2 aromatic carbocycles. The first-order valence-corrected chi connectivity index (χ1v) is 10.7. The van der Waals surface area contributed by atoms with E-state index < -0.39 is 17.9 Å². The summed E-state index contributed by atoms with van der Waals surface area (Å²) in [5.74, 6) is 0.263. The molecule has 168 valence electrons. The lowest BCUT2D eigenvalue weighted by molar-refractivity contribution is 0.0274. The number of amides is 2. The Kier molecular flexibility index (Phi) is 4.87. The molecule has 8 heteroatoms. The summed E-state index contributed by atoms with van der Waals surface area (Å²) in [4.78, 5) is 17.2. The molecular weight excluding hydrogens is 411 g/mol. The summed E-state index contributed by atoms with van der Waals surface area (Å²) in [6.07, 6.45) is 0. The summed E-state index contributed by atoms with van der Waals surface area (Å²) in [6.45, 7) is 1.81. The minimum Gasteiger partial charge on any atom is -0.497 e. The highest BCUT2D eigenvalue weighted by Gasteiger charge is 2.53. The van der Waals surface area contributed by atoms with E-state index in [-0.39, 0.29) is 17.7 Å². The minimum absolute atomic E-state index is 0.126. The molecule has 32 heavy (non-hydrogen) atoms. The Labute approximate surface area is 186 Å². The Hall–Kier alpha value is -3.10. The van der Waals surface area contributed by atoms with Gasteiger partial charge in [-0.15, -0.1) is 0 Å². The van der Waals surface area contributed by atoms with Gasteiger partial charge in [-0.2, -0.15) is 0 Å². The summed E-state index contributed by atoms with van der Waals surface area (Å²) < 4.78 is 21.7. The van der Waals surface area contributed by atoms with Crippen molar-refractivity contribution >= 4 is 22.6 Å². The number of carbonyl (C=O) groups excluding carboxylic acids is 1. The maximum absolute atomic E-state index is 14.2. The number of likely N-dealkylation sites (tertiary alicyclic amines) is 1. The van der Waals surface area contributed by atoms with Gasteiger partial charge in [0.25, 0.3) is 0 Å². The zero-order valence-corrected chi connectivity index (χ0v) is 18.4. The van der Waals surface area contributed by atoms with Crippen LogP contribution in [0.15, 0.2) is 42.5 Å². The number of fused-ring (bicyclic) bond motifs is 4. The number of carbonyl (C=O) groups is 1. The number of methoxy groups -OCH3 is 1. The SMILES string of the molecule is COc1ccc2c3c(n(C)c2c1)[C@@H](CO)N(C(=O)Nc1ccccc1F)CC31CN(C)C1. The Balaban J connectivity index is 1.63. The second-order valence-electron chi connectivity index (χ2n) is 8.89. The largest absolute Gasteiger partial charge is 0.497 e. The molecule has 5 rings (SSSR count). The van der Waals surface area contributed by atoms with Gasteiger partial charge in [-0.1, -0.05) is 12.1 Å². The van der Waals surface area contributed by atoms with Crippen molar-refractivity contribution in [3.63, 3.8) is 0 Å². The second-order valence-corrected chi connectivity index (χ2v) is 8.89. The van der Waals surface area contributed by atoms with E-state index in [0.717, 1.165) is 35.4 Å². The van der Waals surface area contributed by atoms with Crippen LogP contribution in [0.5, 0.6) is 5.75 Å². The lowest BCUT2D eigenvalue weighted by Gasteiger charge is -2.55. The summed E-state index contributed by atoms with van der Waals surface area (Å²) in [5.41, 5.74) is 2.97. The van der Waals surface area contributed by atoms with E-state index in [2.05, 4.69) is 27.9 Å². The number of urea groups is 1. The quantitative estimate of drug-likeness (QED) is 0.660. The average Bonchev–Trinajstić information content (AvgIpc) is 3.07. The number of halogens is 1. The standard InChI is InChI=1S/C24H27FN4O3/c1-27-12-24(13-27)14-29(23(31)26-18-7-5-4-6-17(18)25)20(11-30)22-21(24)16-9-8-15(32-3)10-19(16)28(22)2/h4-10,20,30H,11-14H2,1-3H3,(H,26,31)/t20-/m1/s1. The van der Waals surface area contributed by atoms with Crippen molar-refractivity contribution in [2.45, 2.75) is 11.5 Å². The zero-order valence-electron chi connectivity index (χ0n) is 18.4. The highest BCUT2D eigenvalue weighted by Crippen LogP contribution is 2.49. The fraction of sp³-hybridized carbons (Fsp3) is 0.375. The van der Waals surface area contributed by atoms with Crippen LogP contribution < -0.4 is 10.1 Å². The number of benzene rings is 2. The number of hydrogen-bond donors (Lipinski definition) is 2. The average molecular weight is 439 g/mol. The van der Waals surface area contributed by atoms with Crippen molar-refractivity contribution in [3.8, 4) is 5.75 Å². The molecule has 0 aliphatic carbocycles. The monoisotopic (exact) mass is 438 g/mol. The maximum Gasteiger partial charge on any atom is 0.322 e. The Bertz CT molecular complexity index is 1200. The van der Waals surface area contributed by atoms with Crippen LogP contribution in [0.2, 0.25) is 0 Å². The number of aromatic nitrogens is 1. The molecule has 0 bridgehead atoms. The summed E-state index contributed by atoms with van der Waals surface area (Å²) >= 11 is 0. The van der Waals surface area contributed by atoms with E-state index >= 15 is 0 Å². The van der Waals surface area contributed by atoms with Gasteiger partial charge in [0.1, 0.15) is 11.6 Å². The second kappa shape index (κ2) is 7.50. The van der Waals surface area contributed by atoms with Crippen molar-refractivity contribution in [3.05, 3.63) is 59.5 Å². The number of hydrogen-bond acceptors (Lipinski definition) is 4. The van der Waals surface area contributed by atoms with Crippen LogP contribution in [-0.4, -0.2) is 65.9 Å². The molecule has 1 fully saturated rings. The highest BCUT2D eigenvalue weighted by molar-refractivity contribution is 5.93. The normalized spacial score (nSPS) is 19.7. The number of likely N-dealkylation sites (N-methyl/N-ethyl adjacent to an activating group) is 1. The molecule has 1 spiro atoms. The molecule has 3 aromatic rings. The minimum atomic E-state index is -0.545. The molecule has 3 heterocycles. The van der Waals surface area contributed by atoms with Crippen LogP contribution in [0.3, 0.4) is 0 Å². The molecule has 2 N–H and O–H groups in total. The van der Waals surface area contributed by atoms with E-state index in [0.29, 0.717) is 6.54 Å². The van der Waals surface area contributed by atoms with Crippen molar-refractivity contribution < 1.29 is 19.0 Å². The molecule has 0 saturated carbocycles. The van der Waals surface area contributed by atoms with Gasteiger partial charge in [0.2, 0.25) is 0 Å². The maximum atomic E-state index is 14.2. The number of aliphatic hydroxyl groups excluding tert-OH is 1. The van der Waals surface area contributed by atoms with Gasteiger partial charge in [-0.05, 0) is 36.9 Å². The molecule has 2 aliphatic rings. The first kappa shape index (κ1) is 20.8. The van der Waals surface area contributed by atoms with Crippen LogP contribution in [0.4, 0.5) is 14.9 Å². The number of nitrogens with one attached hydrogen (secondary N) is 1. The predicted molar refractivity (Wildman–Crippen MR) is 121 cm³/mol. The molecular formula is C24H27FN4O3. The van der Waals surface area contributed by atoms with Crippen molar-refractivity contribution in [2.24, 2.45) is 7.05 Å². The smallest absolute Gasteiger partial charge is 0.322 e. The molecule has 0 radical (unpaired) electrons. The topological polar surface area (TPSA) is 70.0 Å². The molecule has 1 saturated heterocycles. The fourth-order valence-corrected chi connectivity index (χ4v) is 5.57.